The lowest BCUT2D eigenvalue weighted by molar-refractivity contribution is -0.135. The number of carbonyl (C=O) groups excluding carboxylic acids is 4. The lowest BCUT2D eigenvalue weighted by atomic mass is 9.76. The monoisotopic (exact) mass is 404 g/mol. The highest BCUT2D eigenvalue weighted by Crippen LogP contribution is 2.40. The Labute approximate surface area is 172 Å². The number of nitrogens with zero attached hydrogens (tertiary/aromatic N) is 2. The average molecular weight is 404 g/mol. The second kappa shape index (κ2) is 6.69. The van der Waals surface area contributed by atoms with Gasteiger partial charge in [0.1, 0.15) is 18.6 Å². The van der Waals surface area contributed by atoms with Crippen LogP contribution in [-0.2, 0) is 26.3 Å². The Kier molecular flexibility index (Phi) is 4.09. The minimum atomic E-state index is -1.12. The van der Waals surface area contributed by atoms with Crippen molar-refractivity contribution in [1.82, 2.24) is 10.2 Å². The lowest BCUT2D eigenvalue weighted by Crippen LogP contribution is -2.49. The van der Waals surface area contributed by atoms with Crippen LogP contribution in [0.15, 0.2) is 48.5 Å². The summed E-state index contributed by atoms with van der Waals surface area (Å²) in [5, 5.41) is 5.57. The van der Waals surface area contributed by atoms with Crippen LogP contribution in [-0.4, -0.2) is 41.7 Å². The highest BCUT2D eigenvalue weighted by Gasteiger charge is 2.54. The van der Waals surface area contributed by atoms with E-state index in [2.05, 4.69) is 10.6 Å². The van der Waals surface area contributed by atoms with Crippen LogP contribution in [0.25, 0.3) is 0 Å². The van der Waals surface area contributed by atoms with Crippen LogP contribution < -0.4 is 15.5 Å². The van der Waals surface area contributed by atoms with Crippen molar-refractivity contribution in [3.8, 4) is 0 Å². The molecule has 0 unspecified atom stereocenters. The molecule has 2 aromatic rings. The van der Waals surface area contributed by atoms with E-state index in [1.54, 1.807) is 24.3 Å². The van der Waals surface area contributed by atoms with Crippen molar-refractivity contribution in [3.05, 3.63) is 59.7 Å². The second-order valence-corrected chi connectivity index (χ2v) is 7.78. The molecule has 1 aliphatic carbocycles. The van der Waals surface area contributed by atoms with Gasteiger partial charge in [-0.3, -0.25) is 24.2 Å². The second-order valence-electron chi connectivity index (χ2n) is 7.78. The number of nitrogens with one attached hydrogen (secondary N) is 2. The number of carbonyl (C=O) groups is 4. The van der Waals surface area contributed by atoms with Gasteiger partial charge in [0.25, 0.3) is 5.91 Å². The predicted molar refractivity (Wildman–Crippen MR) is 109 cm³/mol. The Morgan fingerprint density at radius 1 is 1.03 bits per heavy atom. The molecule has 30 heavy (non-hydrogen) atoms. The van der Waals surface area contributed by atoms with Crippen LogP contribution in [0.2, 0.25) is 0 Å². The third kappa shape index (κ3) is 2.67. The molecule has 5 rings (SSSR count). The van der Waals surface area contributed by atoms with Crippen LogP contribution in [0.4, 0.5) is 16.2 Å². The SMILES string of the molecule is O=C1CN(C(=O)CN2C(=O)N[C@]3(CCCc4ccccc43)C2=O)c2ccccc2N1. The first-order chi connectivity index (χ1) is 14.5. The number of hydrogen-bond donors (Lipinski definition) is 2. The van der Waals surface area contributed by atoms with Crippen molar-refractivity contribution in [3.63, 3.8) is 0 Å². The van der Waals surface area contributed by atoms with Gasteiger partial charge in [-0.15, -0.1) is 0 Å². The van der Waals surface area contributed by atoms with E-state index in [4.69, 9.17) is 0 Å². The van der Waals surface area contributed by atoms with Crippen LogP contribution in [0.5, 0.6) is 0 Å². The van der Waals surface area contributed by atoms with E-state index in [-0.39, 0.29) is 12.5 Å². The normalized spacial score (nSPS) is 22.5. The van der Waals surface area contributed by atoms with Crippen molar-refractivity contribution in [2.24, 2.45) is 0 Å². The maximum atomic E-state index is 13.4. The zero-order valence-corrected chi connectivity index (χ0v) is 16.2. The zero-order valence-electron chi connectivity index (χ0n) is 16.2. The molecule has 5 amide bonds. The van der Waals surface area contributed by atoms with Gasteiger partial charge in [0.05, 0.1) is 11.4 Å². The van der Waals surface area contributed by atoms with E-state index in [0.29, 0.717) is 17.8 Å². The number of imide groups is 1. The van der Waals surface area contributed by atoms with E-state index in [1.807, 2.05) is 24.3 Å². The number of urea groups is 1. The number of hydrogen-bond acceptors (Lipinski definition) is 4. The Morgan fingerprint density at radius 2 is 1.80 bits per heavy atom. The van der Waals surface area contributed by atoms with Gasteiger partial charge < -0.3 is 10.6 Å². The first-order valence-corrected chi connectivity index (χ1v) is 9.91. The van der Waals surface area contributed by atoms with Gasteiger partial charge >= 0.3 is 6.03 Å². The lowest BCUT2D eigenvalue weighted by Gasteiger charge is -2.33. The molecule has 2 aromatic carbocycles. The molecule has 1 fully saturated rings. The van der Waals surface area contributed by atoms with Crippen LogP contribution in [0.1, 0.15) is 24.0 Å². The van der Waals surface area contributed by atoms with E-state index >= 15 is 0 Å². The zero-order chi connectivity index (χ0) is 20.9. The molecule has 2 N–H and O–H groups in total. The largest absolute Gasteiger partial charge is 0.325 e. The Hall–Kier alpha value is -3.68. The summed E-state index contributed by atoms with van der Waals surface area (Å²) in [4.78, 5) is 53.5. The van der Waals surface area contributed by atoms with E-state index in [1.165, 1.54) is 4.90 Å². The number of anilines is 2. The van der Waals surface area contributed by atoms with Crippen LogP contribution >= 0.6 is 0 Å². The smallest absolute Gasteiger partial charge is 0.323 e. The minimum absolute atomic E-state index is 0.159. The molecule has 3 aliphatic rings. The highest BCUT2D eigenvalue weighted by molar-refractivity contribution is 6.14. The molecule has 0 bridgehead atoms. The first-order valence-electron chi connectivity index (χ1n) is 9.91. The van der Waals surface area contributed by atoms with E-state index in [0.717, 1.165) is 28.9 Å². The van der Waals surface area contributed by atoms with Crippen molar-refractivity contribution in [2.45, 2.75) is 24.8 Å². The number of amides is 5. The minimum Gasteiger partial charge on any atom is -0.323 e. The van der Waals surface area contributed by atoms with Crippen LogP contribution in [0.3, 0.4) is 0 Å². The van der Waals surface area contributed by atoms with E-state index < -0.39 is 29.9 Å². The number of fused-ring (bicyclic) bond motifs is 3. The molecular weight excluding hydrogens is 384 g/mol. The molecule has 2 aliphatic heterocycles. The number of rotatable bonds is 2. The summed E-state index contributed by atoms with van der Waals surface area (Å²) < 4.78 is 0. The summed E-state index contributed by atoms with van der Waals surface area (Å²) in [6, 6.07) is 14.0. The Bertz CT molecular complexity index is 1100. The van der Waals surface area contributed by atoms with Crippen LogP contribution in [0, 0.1) is 0 Å². The van der Waals surface area contributed by atoms with Gasteiger partial charge in [-0.2, -0.15) is 0 Å². The summed E-state index contributed by atoms with van der Waals surface area (Å²) in [5.41, 5.74) is 1.78. The molecule has 2 heterocycles. The summed E-state index contributed by atoms with van der Waals surface area (Å²) in [6.07, 6.45) is 2.11. The fourth-order valence-electron chi connectivity index (χ4n) is 4.63. The maximum Gasteiger partial charge on any atom is 0.325 e. The Balaban J connectivity index is 1.43. The van der Waals surface area contributed by atoms with E-state index in [9.17, 15) is 19.2 Å². The van der Waals surface area contributed by atoms with Crippen molar-refractivity contribution in [1.29, 1.82) is 0 Å². The van der Waals surface area contributed by atoms with Crippen molar-refractivity contribution < 1.29 is 19.2 Å². The third-order valence-corrected chi connectivity index (χ3v) is 6.02. The van der Waals surface area contributed by atoms with Crippen molar-refractivity contribution in [2.75, 3.05) is 23.3 Å². The van der Waals surface area contributed by atoms with Gasteiger partial charge in [0.15, 0.2) is 0 Å². The molecule has 0 aromatic heterocycles. The van der Waals surface area contributed by atoms with Gasteiger partial charge in [-0.25, -0.2) is 4.79 Å². The summed E-state index contributed by atoms with van der Waals surface area (Å²) in [6.45, 7) is -0.580. The fraction of sp³-hybridized carbons (Fsp3) is 0.273. The predicted octanol–water partition coefficient (Wildman–Crippen LogP) is 1.76. The van der Waals surface area contributed by atoms with Gasteiger partial charge in [0, 0.05) is 0 Å². The number of aryl methyl sites for hydroxylation is 1. The highest BCUT2D eigenvalue weighted by atomic mass is 16.2. The molecule has 8 heteroatoms. The fourth-order valence-corrected chi connectivity index (χ4v) is 4.63. The van der Waals surface area contributed by atoms with Gasteiger partial charge in [-0.05, 0) is 42.5 Å². The molecule has 1 spiro atoms. The first kappa shape index (κ1) is 18.4. The van der Waals surface area contributed by atoms with Gasteiger partial charge in [0.2, 0.25) is 11.8 Å². The molecule has 1 atom stereocenters. The number of benzene rings is 2. The molecular formula is C22H20N4O4. The quantitative estimate of drug-likeness (QED) is 0.745. The molecule has 0 saturated carbocycles. The average Bonchev–Trinajstić information content (AvgIpc) is 2.98. The topological polar surface area (TPSA) is 98.8 Å². The third-order valence-electron chi connectivity index (χ3n) is 6.02. The maximum absolute atomic E-state index is 13.4. The van der Waals surface area contributed by atoms with Crippen molar-refractivity contribution >= 4 is 35.1 Å². The molecule has 0 radical (unpaired) electrons. The summed E-state index contributed by atoms with van der Waals surface area (Å²) in [7, 11) is 0. The molecule has 152 valence electrons. The summed E-state index contributed by atoms with van der Waals surface area (Å²) in [5.74, 6) is -1.22. The number of para-hydroxylation sites is 2. The Morgan fingerprint density at radius 3 is 2.67 bits per heavy atom. The summed E-state index contributed by atoms with van der Waals surface area (Å²) >= 11 is 0. The standard InChI is InChI=1S/C22H20N4O4/c27-18-12-25(17-10-4-3-9-16(17)23-18)19(28)13-26-20(29)22(24-21(26)30)11-5-7-14-6-1-2-8-15(14)22/h1-4,6,8-10H,5,7,11-13H2,(H,23,27)(H,24,30)/t22-/m0/s1. The molecule has 1 saturated heterocycles. The van der Waals surface area contributed by atoms with Gasteiger partial charge in [-0.1, -0.05) is 36.4 Å². The molecule has 8 nitrogen and oxygen atoms in total.